The monoisotopic (exact) mass is 288 g/mol. The van der Waals surface area contributed by atoms with Gasteiger partial charge >= 0.3 is 0 Å². The lowest BCUT2D eigenvalue weighted by Crippen LogP contribution is -2.27. The van der Waals surface area contributed by atoms with Crippen molar-refractivity contribution in [1.29, 1.82) is 0 Å². The summed E-state index contributed by atoms with van der Waals surface area (Å²) in [5, 5.41) is 0. The average Bonchev–Trinajstić information content (AvgIpc) is 2.30. The molecule has 0 radical (unpaired) electrons. The minimum Gasteiger partial charge on any atom is -0.377 e. The van der Waals surface area contributed by atoms with E-state index in [1.165, 1.54) is 37.0 Å². The molecule has 0 amide bonds. The van der Waals surface area contributed by atoms with Crippen LogP contribution in [-0.4, -0.2) is 44.1 Å². The van der Waals surface area contributed by atoms with Gasteiger partial charge in [0, 0.05) is 32.9 Å². The van der Waals surface area contributed by atoms with Gasteiger partial charge in [-0.15, -0.1) is 0 Å². The second-order valence-corrected chi connectivity index (χ2v) is 6.76. The van der Waals surface area contributed by atoms with Gasteiger partial charge in [0.05, 0.1) is 17.6 Å². The third-order valence-electron chi connectivity index (χ3n) is 2.52. The molecular formula is C12H20N2O4S. The smallest absolute Gasteiger partial charge is 0.250 e. The van der Waals surface area contributed by atoms with Crippen LogP contribution in [0.1, 0.15) is 13.8 Å². The molecule has 0 aliphatic rings. The predicted molar refractivity (Wildman–Crippen MR) is 72.7 cm³/mol. The van der Waals surface area contributed by atoms with E-state index in [9.17, 15) is 13.2 Å². The number of aromatic nitrogens is 1. The molecule has 0 aliphatic carbocycles. The molecule has 0 N–H and O–H groups in total. The van der Waals surface area contributed by atoms with Gasteiger partial charge in [-0.25, -0.2) is 12.7 Å². The van der Waals surface area contributed by atoms with Crippen molar-refractivity contribution >= 4 is 10.0 Å². The summed E-state index contributed by atoms with van der Waals surface area (Å²) < 4.78 is 31.7. The van der Waals surface area contributed by atoms with Crippen LogP contribution >= 0.6 is 0 Å². The Morgan fingerprint density at radius 2 is 1.95 bits per heavy atom. The molecule has 0 saturated heterocycles. The van der Waals surface area contributed by atoms with Crippen molar-refractivity contribution in [3.8, 4) is 0 Å². The summed E-state index contributed by atoms with van der Waals surface area (Å²) >= 11 is 0. The highest BCUT2D eigenvalue weighted by molar-refractivity contribution is 7.89. The Bertz CT molecular complexity index is 576. The number of rotatable bonds is 6. The number of nitrogens with zero attached hydrogens (tertiary/aromatic N) is 2. The van der Waals surface area contributed by atoms with Gasteiger partial charge in [0.25, 0.3) is 5.56 Å². The number of hydrogen-bond acceptors (Lipinski definition) is 4. The maximum absolute atomic E-state index is 12.0. The van der Waals surface area contributed by atoms with E-state index in [4.69, 9.17) is 4.74 Å². The summed E-state index contributed by atoms with van der Waals surface area (Å²) in [6.07, 6.45) is 1.42. The lowest BCUT2D eigenvalue weighted by atomic mass is 10.4. The second kappa shape index (κ2) is 6.31. The molecule has 0 aromatic carbocycles. The molecule has 1 aromatic heterocycles. The zero-order valence-electron chi connectivity index (χ0n) is 11.7. The minimum atomic E-state index is -3.52. The predicted octanol–water partition coefficient (Wildman–Crippen LogP) is 0.524. The molecule has 108 valence electrons. The van der Waals surface area contributed by atoms with E-state index in [-0.39, 0.29) is 16.6 Å². The molecule has 19 heavy (non-hydrogen) atoms. The largest absolute Gasteiger partial charge is 0.377 e. The van der Waals surface area contributed by atoms with Gasteiger partial charge in [-0.3, -0.25) is 4.79 Å². The lowest BCUT2D eigenvalue weighted by molar-refractivity contribution is 0.0721. The number of pyridine rings is 1. The zero-order chi connectivity index (χ0) is 14.6. The van der Waals surface area contributed by atoms with Crippen molar-refractivity contribution in [3.05, 3.63) is 28.7 Å². The highest BCUT2D eigenvalue weighted by atomic mass is 32.2. The van der Waals surface area contributed by atoms with Gasteiger partial charge in [0.15, 0.2) is 0 Å². The van der Waals surface area contributed by atoms with Crippen LogP contribution in [0.2, 0.25) is 0 Å². The third-order valence-corrected chi connectivity index (χ3v) is 4.32. The first-order valence-corrected chi connectivity index (χ1v) is 7.44. The molecule has 1 rings (SSSR count). The van der Waals surface area contributed by atoms with Gasteiger partial charge in [-0.05, 0) is 19.9 Å². The molecule has 0 unspecified atom stereocenters. The van der Waals surface area contributed by atoms with Crippen molar-refractivity contribution in [1.82, 2.24) is 8.87 Å². The van der Waals surface area contributed by atoms with Crippen molar-refractivity contribution < 1.29 is 13.2 Å². The molecule has 6 nitrogen and oxygen atoms in total. The quantitative estimate of drug-likeness (QED) is 0.765. The fraction of sp³-hybridized carbons (Fsp3) is 0.583. The van der Waals surface area contributed by atoms with Crippen LogP contribution in [0.3, 0.4) is 0 Å². The number of hydrogen-bond donors (Lipinski definition) is 0. The van der Waals surface area contributed by atoms with E-state index in [0.717, 1.165) is 4.31 Å². The molecule has 1 heterocycles. The van der Waals surface area contributed by atoms with E-state index < -0.39 is 10.0 Å². The summed E-state index contributed by atoms with van der Waals surface area (Å²) in [4.78, 5) is 11.7. The van der Waals surface area contributed by atoms with Crippen molar-refractivity contribution in [3.63, 3.8) is 0 Å². The first-order chi connectivity index (χ1) is 8.75. The Morgan fingerprint density at radius 1 is 1.32 bits per heavy atom. The van der Waals surface area contributed by atoms with Crippen LogP contribution in [0.15, 0.2) is 28.0 Å². The Balaban J connectivity index is 2.98. The topological polar surface area (TPSA) is 68.6 Å². The number of sulfonamides is 1. The molecule has 7 heteroatoms. The highest BCUT2D eigenvalue weighted by Crippen LogP contribution is 2.10. The van der Waals surface area contributed by atoms with Crippen LogP contribution in [0.4, 0.5) is 0 Å². The molecule has 0 saturated carbocycles. The summed E-state index contributed by atoms with van der Waals surface area (Å²) in [6.45, 7) is 4.49. The maximum atomic E-state index is 12.0. The first kappa shape index (κ1) is 15.9. The van der Waals surface area contributed by atoms with Crippen LogP contribution < -0.4 is 5.56 Å². The normalized spacial score (nSPS) is 12.3. The fourth-order valence-corrected chi connectivity index (χ4v) is 2.36. The molecule has 0 spiro atoms. The molecule has 0 fully saturated rings. The van der Waals surface area contributed by atoms with Crippen molar-refractivity contribution in [2.45, 2.75) is 31.4 Å². The Morgan fingerprint density at radius 3 is 2.47 bits per heavy atom. The third kappa shape index (κ3) is 4.15. The van der Waals surface area contributed by atoms with Gasteiger partial charge < -0.3 is 9.30 Å². The Labute approximate surface area is 113 Å². The first-order valence-electron chi connectivity index (χ1n) is 6.00. The van der Waals surface area contributed by atoms with Crippen LogP contribution in [0.25, 0.3) is 0 Å². The van der Waals surface area contributed by atoms with E-state index in [2.05, 4.69) is 0 Å². The minimum absolute atomic E-state index is 0.0735. The summed E-state index contributed by atoms with van der Waals surface area (Å²) in [5.41, 5.74) is -0.245. The summed E-state index contributed by atoms with van der Waals surface area (Å²) in [5.74, 6) is 0. The van der Waals surface area contributed by atoms with E-state index in [1.807, 2.05) is 13.8 Å². The van der Waals surface area contributed by atoms with Crippen molar-refractivity contribution in [2.24, 2.45) is 0 Å². The maximum Gasteiger partial charge on any atom is 0.250 e. The van der Waals surface area contributed by atoms with E-state index in [1.54, 1.807) is 0 Å². The van der Waals surface area contributed by atoms with E-state index in [0.29, 0.717) is 13.2 Å². The Kier molecular flexibility index (Phi) is 5.28. The fourth-order valence-electron chi connectivity index (χ4n) is 1.43. The summed E-state index contributed by atoms with van der Waals surface area (Å²) in [6, 6.07) is 2.57. The van der Waals surface area contributed by atoms with Gasteiger partial charge in [0.2, 0.25) is 10.0 Å². The van der Waals surface area contributed by atoms with Gasteiger partial charge in [-0.1, -0.05) is 0 Å². The molecule has 0 atom stereocenters. The lowest BCUT2D eigenvalue weighted by Gasteiger charge is -2.13. The highest BCUT2D eigenvalue weighted by Gasteiger charge is 2.17. The van der Waals surface area contributed by atoms with Crippen LogP contribution in [-0.2, 0) is 21.3 Å². The molecule has 0 aliphatic heterocycles. The Hall–Kier alpha value is -1.18. The van der Waals surface area contributed by atoms with Gasteiger partial charge in [-0.2, -0.15) is 0 Å². The van der Waals surface area contributed by atoms with Gasteiger partial charge in [0.1, 0.15) is 0 Å². The molecule has 1 aromatic rings. The average molecular weight is 288 g/mol. The zero-order valence-corrected chi connectivity index (χ0v) is 12.5. The van der Waals surface area contributed by atoms with Crippen LogP contribution in [0.5, 0.6) is 0 Å². The standard InChI is InChI=1S/C12H20N2O4S/c1-10(2)18-8-7-14-9-11(5-6-12(14)15)19(16,17)13(3)4/h5-6,9-10H,7-8H2,1-4H3. The van der Waals surface area contributed by atoms with E-state index >= 15 is 0 Å². The summed E-state index contributed by atoms with van der Waals surface area (Å²) in [7, 11) is -0.623. The van der Waals surface area contributed by atoms with Crippen LogP contribution in [0, 0.1) is 0 Å². The SMILES string of the molecule is CC(C)OCCn1cc(S(=O)(=O)N(C)C)ccc1=O. The van der Waals surface area contributed by atoms with Crippen molar-refractivity contribution in [2.75, 3.05) is 20.7 Å². The molecule has 0 bridgehead atoms. The number of ether oxygens (including phenoxy) is 1. The molecular weight excluding hydrogens is 268 g/mol. The second-order valence-electron chi connectivity index (χ2n) is 4.60.